The molecule has 0 spiro atoms. The third-order valence-corrected chi connectivity index (χ3v) is 4.84. The standard InChI is InChI=1S/C18H23N5O3.C2HF3O2/c1-21(10-11-26-3)18(25)16-20-14-12-23(9-7-15(14)22(16)2)17(24)13-6-4-5-8-19-13;3-2(4,5)1(6)7/h4-6,8H,7,9-12H2,1-3H3;(H,6,7). The number of rotatable bonds is 5. The molecule has 0 aliphatic carbocycles. The first-order valence-corrected chi connectivity index (χ1v) is 9.76. The minimum Gasteiger partial charge on any atom is -0.475 e. The second-order valence-electron chi connectivity index (χ2n) is 7.10. The van der Waals surface area contributed by atoms with E-state index in [0.717, 1.165) is 11.4 Å². The van der Waals surface area contributed by atoms with Gasteiger partial charge in [-0.15, -0.1) is 0 Å². The highest BCUT2D eigenvalue weighted by Crippen LogP contribution is 2.21. The number of alkyl halides is 3. The van der Waals surface area contributed by atoms with Crippen molar-refractivity contribution in [2.75, 3.05) is 33.9 Å². The Kier molecular flexibility index (Phi) is 8.51. The number of carbonyl (C=O) groups is 3. The lowest BCUT2D eigenvalue weighted by molar-refractivity contribution is -0.192. The van der Waals surface area contributed by atoms with Gasteiger partial charge in [-0.3, -0.25) is 14.6 Å². The number of aromatic nitrogens is 3. The van der Waals surface area contributed by atoms with Crippen molar-refractivity contribution in [3.63, 3.8) is 0 Å². The maximum atomic E-state index is 12.6. The number of carbonyl (C=O) groups excluding carboxylic acids is 2. The van der Waals surface area contributed by atoms with Crippen LogP contribution < -0.4 is 0 Å². The van der Waals surface area contributed by atoms with Crippen LogP contribution in [0.1, 0.15) is 32.5 Å². The molecule has 1 N–H and O–H groups in total. The molecule has 0 saturated carbocycles. The van der Waals surface area contributed by atoms with E-state index in [1.807, 2.05) is 11.6 Å². The Morgan fingerprint density at radius 1 is 1.27 bits per heavy atom. The molecule has 0 fully saturated rings. The maximum Gasteiger partial charge on any atom is 0.490 e. The molecular weight excluding hydrogens is 447 g/mol. The summed E-state index contributed by atoms with van der Waals surface area (Å²) in [5.74, 6) is -2.64. The van der Waals surface area contributed by atoms with Crippen LogP contribution >= 0.6 is 0 Å². The van der Waals surface area contributed by atoms with Crippen LogP contribution in [-0.2, 0) is 29.5 Å². The molecule has 2 amide bonds. The number of carboxylic acid groups (broad SMARTS) is 1. The summed E-state index contributed by atoms with van der Waals surface area (Å²) in [5, 5.41) is 7.12. The summed E-state index contributed by atoms with van der Waals surface area (Å²) in [5.41, 5.74) is 2.19. The number of imidazole rings is 1. The first-order valence-electron chi connectivity index (χ1n) is 9.76. The van der Waals surface area contributed by atoms with Crippen molar-refractivity contribution in [1.29, 1.82) is 0 Å². The molecule has 0 bridgehead atoms. The van der Waals surface area contributed by atoms with E-state index in [1.54, 1.807) is 48.4 Å². The topological polar surface area (TPSA) is 118 Å². The third-order valence-electron chi connectivity index (χ3n) is 4.84. The molecule has 1 aliphatic heterocycles. The van der Waals surface area contributed by atoms with Crippen LogP contribution in [-0.4, -0.2) is 87.3 Å². The number of likely N-dealkylation sites (N-methyl/N-ethyl adjacent to an activating group) is 1. The molecular formula is C20H24F3N5O5. The zero-order chi connectivity index (χ0) is 24.8. The van der Waals surface area contributed by atoms with Gasteiger partial charge in [0.25, 0.3) is 11.8 Å². The van der Waals surface area contributed by atoms with Gasteiger partial charge in [0.1, 0.15) is 5.69 Å². The van der Waals surface area contributed by atoms with Crippen LogP contribution in [0.2, 0.25) is 0 Å². The van der Waals surface area contributed by atoms with Gasteiger partial charge < -0.3 is 24.2 Å². The molecule has 2 aromatic rings. The van der Waals surface area contributed by atoms with E-state index in [2.05, 4.69) is 9.97 Å². The van der Waals surface area contributed by atoms with Gasteiger partial charge in [-0.05, 0) is 12.1 Å². The number of methoxy groups -OCH3 is 1. The summed E-state index contributed by atoms with van der Waals surface area (Å²) in [6, 6.07) is 5.28. The van der Waals surface area contributed by atoms with Gasteiger partial charge in [0.05, 0.1) is 18.8 Å². The Labute approximate surface area is 187 Å². The first kappa shape index (κ1) is 25.8. The number of fused-ring (bicyclic) bond motifs is 1. The van der Waals surface area contributed by atoms with E-state index in [9.17, 15) is 22.8 Å². The molecule has 13 heteroatoms. The molecule has 1 aliphatic rings. The normalized spacial score (nSPS) is 13.0. The van der Waals surface area contributed by atoms with E-state index >= 15 is 0 Å². The lowest BCUT2D eigenvalue weighted by Crippen LogP contribution is -2.36. The fourth-order valence-electron chi connectivity index (χ4n) is 3.04. The molecule has 2 aromatic heterocycles. The fraction of sp³-hybridized carbons (Fsp3) is 0.450. The minimum absolute atomic E-state index is 0.119. The summed E-state index contributed by atoms with van der Waals surface area (Å²) < 4.78 is 38.6. The van der Waals surface area contributed by atoms with E-state index in [4.69, 9.17) is 14.6 Å². The Hall–Kier alpha value is -3.48. The van der Waals surface area contributed by atoms with Crippen LogP contribution in [0, 0.1) is 0 Å². The van der Waals surface area contributed by atoms with Gasteiger partial charge in [0, 0.05) is 52.6 Å². The molecule has 0 aromatic carbocycles. The zero-order valence-electron chi connectivity index (χ0n) is 18.3. The quantitative estimate of drug-likeness (QED) is 0.700. The van der Waals surface area contributed by atoms with Crippen LogP contribution in [0.3, 0.4) is 0 Å². The Balaban J connectivity index is 0.000000479. The predicted molar refractivity (Wildman–Crippen MR) is 108 cm³/mol. The van der Waals surface area contributed by atoms with Gasteiger partial charge >= 0.3 is 12.1 Å². The zero-order valence-corrected chi connectivity index (χ0v) is 18.3. The predicted octanol–water partition coefficient (Wildman–Crippen LogP) is 1.37. The first-order chi connectivity index (χ1) is 15.5. The van der Waals surface area contributed by atoms with Crippen molar-refractivity contribution < 1.29 is 37.4 Å². The fourth-order valence-corrected chi connectivity index (χ4v) is 3.04. The monoisotopic (exact) mass is 471 g/mol. The number of hydrogen-bond acceptors (Lipinski definition) is 6. The average Bonchev–Trinajstić information content (AvgIpc) is 3.12. The molecule has 3 rings (SSSR count). The third kappa shape index (κ3) is 6.51. The van der Waals surface area contributed by atoms with Gasteiger partial charge in [-0.1, -0.05) is 6.07 Å². The van der Waals surface area contributed by atoms with Crippen LogP contribution in [0.15, 0.2) is 24.4 Å². The van der Waals surface area contributed by atoms with E-state index in [1.165, 1.54) is 0 Å². The number of carboxylic acids is 1. The highest BCUT2D eigenvalue weighted by Gasteiger charge is 2.38. The van der Waals surface area contributed by atoms with Gasteiger partial charge in [0.2, 0.25) is 0 Å². The number of hydrogen-bond donors (Lipinski definition) is 1. The molecule has 0 unspecified atom stereocenters. The minimum atomic E-state index is -5.08. The number of amides is 2. The number of nitrogens with zero attached hydrogens (tertiary/aromatic N) is 5. The Morgan fingerprint density at radius 2 is 1.94 bits per heavy atom. The Bertz CT molecular complexity index is 994. The van der Waals surface area contributed by atoms with Crippen LogP contribution in [0.5, 0.6) is 0 Å². The largest absolute Gasteiger partial charge is 0.490 e. The molecule has 0 atom stereocenters. The summed E-state index contributed by atoms with van der Waals surface area (Å²) in [6.45, 7) is 1.93. The summed E-state index contributed by atoms with van der Waals surface area (Å²) >= 11 is 0. The second kappa shape index (κ2) is 10.9. The lowest BCUT2D eigenvalue weighted by atomic mass is 10.1. The molecule has 180 valence electrons. The van der Waals surface area contributed by atoms with Crippen LogP contribution in [0.25, 0.3) is 0 Å². The molecule has 33 heavy (non-hydrogen) atoms. The number of aliphatic carboxylic acids is 1. The van der Waals surface area contributed by atoms with Crippen molar-refractivity contribution in [2.45, 2.75) is 19.1 Å². The highest BCUT2D eigenvalue weighted by molar-refractivity contribution is 5.93. The number of halogens is 3. The molecule has 3 heterocycles. The summed E-state index contributed by atoms with van der Waals surface area (Å²) in [7, 11) is 5.18. The van der Waals surface area contributed by atoms with Crippen molar-refractivity contribution >= 4 is 17.8 Å². The molecule has 0 radical (unpaired) electrons. The summed E-state index contributed by atoms with van der Waals surface area (Å²) in [6.07, 6.45) is -2.82. The van der Waals surface area contributed by atoms with Crippen molar-refractivity contribution in [1.82, 2.24) is 24.3 Å². The number of pyridine rings is 1. The lowest BCUT2D eigenvalue weighted by Gasteiger charge is -2.26. The van der Waals surface area contributed by atoms with E-state index < -0.39 is 12.1 Å². The van der Waals surface area contributed by atoms with Crippen molar-refractivity contribution in [2.24, 2.45) is 7.05 Å². The smallest absolute Gasteiger partial charge is 0.475 e. The maximum absolute atomic E-state index is 12.6. The van der Waals surface area contributed by atoms with Crippen molar-refractivity contribution in [3.05, 3.63) is 47.3 Å². The van der Waals surface area contributed by atoms with Crippen molar-refractivity contribution in [3.8, 4) is 0 Å². The molecule has 0 saturated heterocycles. The van der Waals surface area contributed by atoms with E-state index in [-0.39, 0.29) is 11.8 Å². The molecule has 10 nitrogen and oxygen atoms in total. The van der Waals surface area contributed by atoms with Gasteiger partial charge in [0.15, 0.2) is 5.82 Å². The van der Waals surface area contributed by atoms with E-state index in [0.29, 0.717) is 44.2 Å². The summed E-state index contributed by atoms with van der Waals surface area (Å²) in [4.78, 5) is 46.1. The average molecular weight is 471 g/mol. The Morgan fingerprint density at radius 3 is 2.48 bits per heavy atom. The highest BCUT2D eigenvalue weighted by atomic mass is 19.4. The SMILES string of the molecule is COCCN(C)C(=O)c1nc2c(n1C)CCN(C(=O)c1ccccn1)C2.O=C(O)C(F)(F)F. The number of ether oxygens (including phenoxy) is 1. The van der Waals surface area contributed by atoms with Gasteiger partial charge in [-0.2, -0.15) is 13.2 Å². The van der Waals surface area contributed by atoms with Gasteiger partial charge in [-0.25, -0.2) is 9.78 Å². The van der Waals surface area contributed by atoms with Crippen LogP contribution in [0.4, 0.5) is 13.2 Å². The second-order valence-corrected chi connectivity index (χ2v) is 7.10.